The molecule has 92 valence electrons. The molecule has 1 N–H and O–H groups in total. The van der Waals surface area contributed by atoms with Crippen molar-refractivity contribution in [2.75, 3.05) is 19.8 Å². The maximum atomic E-state index is 13.5. The van der Waals surface area contributed by atoms with Gasteiger partial charge in [-0.3, -0.25) is 9.78 Å². The molecule has 1 aromatic heterocycles. The van der Waals surface area contributed by atoms with Crippen LogP contribution < -0.4 is 5.32 Å². The number of rotatable bonds is 4. The molecule has 0 amide bonds. The number of Topliss-reactive ketones (excluding diaryl/α,β-unsaturated/α-hetero) is 1. The highest BCUT2D eigenvalue weighted by atomic mass is 19.1. The van der Waals surface area contributed by atoms with Crippen LogP contribution in [0.15, 0.2) is 18.5 Å². The summed E-state index contributed by atoms with van der Waals surface area (Å²) in [4.78, 5) is 15.8. The van der Waals surface area contributed by atoms with Gasteiger partial charge in [-0.15, -0.1) is 0 Å². The first-order chi connectivity index (χ1) is 8.24. The van der Waals surface area contributed by atoms with Crippen molar-refractivity contribution in [2.24, 2.45) is 5.92 Å². The van der Waals surface area contributed by atoms with Crippen molar-refractivity contribution in [1.29, 1.82) is 0 Å². The number of halogens is 1. The maximum Gasteiger partial charge on any atom is 0.172 e. The normalized spacial score (nSPS) is 23.9. The van der Waals surface area contributed by atoms with E-state index in [1.54, 1.807) is 0 Å². The van der Waals surface area contributed by atoms with Crippen LogP contribution in [0, 0.1) is 11.7 Å². The van der Waals surface area contributed by atoms with Gasteiger partial charge in [0, 0.05) is 12.2 Å². The molecule has 0 bridgehead atoms. The quantitative estimate of drug-likeness (QED) is 0.796. The lowest BCUT2D eigenvalue weighted by atomic mass is 9.93. The molecule has 0 aromatic carbocycles. The Hall–Kier alpha value is -1.33. The summed E-state index contributed by atoms with van der Waals surface area (Å²) in [5.74, 6) is -1.10. The number of hydrogen-bond acceptors (Lipinski definition) is 4. The van der Waals surface area contributed by atoms with E-state index in [0.717, 1.165) is 12.7 Å². The van der Waals surface area contributed by atoms with Gasteiger partial charge in [-0.05, 0) is 12.6 Å². The molecule has 0 radical (unpaired) electrons. The summed E-state index contributed by atoms with van der Waals surface area (Å²) in [7, 11) is 0. The van der Waals surface area contributed by atoms with Gasteiger partial charge in [0.25, 0.3) is 0 Å². The van der Waals surface area contributed by atoms with E-state index < -0.39 is 5.82 Å². The molecule has 2 unspecified atom stereocenters. The highest BCUT2D eigenvalue weighted by Crippen LogP contribution is 2.20. The Morgan fingerprint density at radius 3 is 3.18 bits per heavy atom. The Kier molecular flexibility index (Phi) is 3.81. The van der Waals surface area contributed by atoms with E-state index in [1.807, 2.05) is 6.92 Å². The fourth-order valence-electron chi connectivity index (χ4n) is 2.05. The third-order valence-corrected chi connectivity index (χ3v) is 2.92. The number of ketones is 1. The van der Waals surface area contributed by atoms with Gasteiger partial charge in [0.05, 0.1) is 30.9 Å². The van der Waals surface area contributed by atoms with Crippen LogP contribution in [0.1, 0.15) is 17.3 Å². The number of likely N-dealkylation sites (N-methyl/N-ethyl adjacent to an activating group) is 1. The highest BCUT2D eigenvalue weighted by molar-refractivity contribution is 5.98. The zero-order chi connectivity index (χ0) is 12.3. The lowest BCUT2D eigenvalue weighted by Crippen LogP contribution is -2.39. The van der Waals surface area contributed by atoms with Crippen LogP contribution in [0.5, 0.6) is 0 Å². The molecule has 0 saturated carbocycles. The molecule has 1 aliphatic heterocycles. The lowest BCUT2D eigenvalue weighted by Gasteiger charge is -2.17. The van der Waals surface area contributed by atoms with Gasteiger partial charge in [-0.2, -0.15) is 0 Å². The number of hydrogen-bond donors (Lipinski definition) is 1. The highest BCUT2D eigenvalue weighted by Gasteiger charge is 2.34. The average molecular weight is 238 g/mol. The first-order valence-corrected chi connectivity index (χ1v) is 5.69. The summed E-state index contributed by atoms with van der Waals surface area (Å²) in [5, 5.41) is 3.18. The van der Waals surface area contributed by atoms with E-state index in [2.05, 4.69) is 10.3 Å². The molecular formula is C12H15FN2O2. The van der Waals surface area contributed by atoms with Crippen LogP contribution in [-0.2, 0) is 4.74 Å². The molecule has 2 atom stereocenters. The van der Waals surface area contributed by atoms with E-state index >= 15 is 0 Å². The maximum absolute atomic E-state index is 13.5. The lowest BCUT2D eigenvalue weighted by molar-refractivity contribution is 0.0887. The Labute approximate surface area is 99.2 Å². The van der Waals surface area contributed by atoms with Crippen LogP contribution in [0.2, 0.25) is 0 Å². The third kappa shape index (κ3) is 2.50. The summed E-state index contributed by atoms with van der Waals surface area (Å²) in [6, 6.07) is 1.39. The molecule has 1 aromatic rings. The van der Waals surface area contributed by atoms with Gasteiger partial charge in [-0.25, -0.2) is 4.39 Å². The second-order valence-electron chi connectivity index (χ2n) is 4.03. The zero-order valence-corrected chi connectivity index (χ0v) is 9.65. The smallest absolute Gasteiger partial charge is 0.172 e. The summed E-state index contributed by atoms with van der Waals surface area (Å²) in [6.45, 7) is 3.57. The molecule has 2 heterocycles. The third-order valence-electron chi connectivity index (χ3n) is 2.92. The van der Waals surface area contributed by atoms with E-state index in [4.69, 9.17) is 4.74 Å². The second kappa shape index (κ2) is 5.33. The summed E-state index contributed by atoms with van der Waals surface area (Å²) in [6.07, 6.45) is 2.49. The molecular weight excluding hydrogens is 223 g/mol. The molecule has 0 spiro atoms. The van der Waals surface area contributed by atoms with E-state index in [9.17, 15) is 9.18 Å². The van der Waals surface area contributed by atoms with Gasteiger partial charge in [0.1, 0.15) is 0 Å². The molecule has 17 heavy (non-hydrogen) atoms. The molecule has 4 nitrogen and oxygen atoms in total. The summed E-state index contributed by atoms with van der Waals surface area (Å²) >= 11 is 0. The van der Waals surface area contributed by atoms with Crippen molar-refractivity contribution in [1.82, 2.24) is 10.3 Å². The molecule has 1 saturated heterocycles. The van der Waals surface area contributed by atoms with E-state index in [-0.39, 0.29) is 23.3 Å². The number of carbonyl (C=O) groups is 1. The number of ether oxygens (including phenoxy) is 1. The SMILES string of the molecule is CCNC1COCC1C(=O)c1ccncc1F. The Balaban J connectivity index is 2.17. The minimum Gasteiger partial charge on any atom is -0.379 e. The zero-order valence-electron chi connectivity index (χ0n) is 9.65. The molecule has 1 aliphatic rings. The van der Waals surface area contributed by atoms with Crippen LogP contribution in [0.4, 0.5) is 4.39 Å². The Morgan fingerprint density at radius 1 is 1.65 bits per heavy atom. The number of carbonyl (C=O) groups excluding carboxylic acids is 1. The van der Waals surface area contributed by atoms with Crippen molar-refractivity contribution < 1.29 is 13.9 Å². The van der Waals surface area contributed by atoms with Gasteiger partial charge >= 0.3 is 0 Å². The topological polar surface area (TPSA) is 51.2 Å². The van der Waals surface area contributed by atoms with Gasteiger partial charge in [0.15, 0.2) is 11.6 Å². The van der Waals surface area contributed by atoms with Crippen LogP contribution in [0.3, 0.4) is 0 Å². The predicted molar refractivity (Wildman–Crippen MR) is 60.3 cm³/mol. The first kappa shape index (κ1) is 12.1. The number of nitrogens with one attached hydrogen (secondary N) is 1. The standard InChI is InChI=1S/C12H15FN2O2/c1-2-15-11-7-17-6-9(11)12(16)8-3-4-14-5-10(8)13/h3-5,9,11,15H,2,6-7H2,1H3. The number of pyridine rings is 1. The first-order valence-electron chi connectivity index (χ1n) is 5.69. The van der Waals surface area contributed by atoms with Gasteiger partial charge in [-0.1, -0.05) is 6.92 Å². The summed E-state index contributed by atoms with van der Waals surface area (Å²) < 4.78 is 18.7. The average Bonchev–Trinajstić information content (AvgIpc) is 2.78. The number of aromatic nitrogens is 1. The minimum absolute atomic E-state index is 0.0277. The minimum atomic E-state index is -0.570. The predicted octanol–water partition coefficient (Wildman–Crippen LogP) is 1.03. The van der Waals surface area contributed by atoms with Crippen molar-refractivity contribution >= 4 is 5.78 Å². The van der Waals surface area contributed by atoms with Crippen LogP contribution >= 0.6 is 0 Å². The van der Waals surface area contributed by atoms with Gasteiger partial charge in [0.2, 0.25) is 0 Å². The molecule has 0 aliphatic carbocycles. The van der Waals surface area contributed by atoms with Crippen molar-refractivity contribution in [3.05, 3.63) is 29.8 Å². The summed E-state index contributed by atoms with van der Waals surface area (Å²) in [5.41, 5.74) is 0.0957. The van der Waals surface area contributed by atoms with Gasteiger partial charge < -0.3 is 10.1 Å². The van der Waals surface area contributed by atoms with Crippen molar-refractivity contribution in [2.45, 2.75) is 13.0 Å². The van der Waals surface area contributed by atoms with Crippen molar-refractivity contribution in [3.8, 4) is 0 Å². The van der Waals surface area contributed by atoms with Crippen LogP contribution in [0.25, 0.3) is 0 Å². The molecule has 1 fully saturated rings. The largest absolute Gasteiger partial charge is 0.379 e. The fraction of sp³-hybridized carbons (Fsp3) is 0.500. The molecule has 5 heteroatoms. The Bertz CT molecular complexity index is 411. The number of nitrogens with zero attached hydrogens (tertiary/aromatic N) is 1. The monoisotopic (exact) mass is 238 g/mol. The fourth-order valence-corrected chi connectivity index (χ4v) is 2.05. The molecule has 2 rings (SSSR count). The second-order valence-corrected chi connectivity index (χ2v) is 4.03. The Morgan fingerprint density at radius 2 is 2.47 bits per heavy atom. The van der Waals surface area contributed by atoms with E-state index in [0.29, 0.717) is 13.2 Å². The van der Waals surface area contributed by atoms with E-state index in [1.165, 1.54) is 12.3 Å². The van der Waals surface area contributed by atoms with Crippen molar-refractivity contribution in [3.63, 3.8) is 0 Å². The van der Waals surface area contributed by atoms with Crippen LogP contribution in [-0.4, -0.2) is 36.6 Å².